The van der Waals surface area contributed by atoms with E-state index >= 15 is 0 Å². The van der Waals surface area contributed by atoms with Gasteiger partial charge in [0.2, 0.25) is 5.91 Å². The Hall–Kier alpha value is -1.59. The average Bonchev–Trinajstić information content (AvgIpc) is 3.35. The van der Waals surface area contributed by atoms with Gasteiger partial charge in [-0.2, -0.15) is 0 Å². The van der Waals surface area contributed by atoms with Crippen molar-refractivity contribution in [2.45, 2.75) is 326 Å². The van der Waals surface area contributed by atoms with Gasteiger partial charge in [0.05, 0.1) is 25.4 Å². The van der Waals surface area contributed by atoms with Crippen LogP contribution in [0.3, 0.4) is 0 Å². The number of carbonyl (C=O) groups excluding carboxylic acids is 1. The zero-order chi connectivity index (χ0) is 50.1. The molecule has 1 saturated heterocycles. The molecule has 1 rings (SSSR count). The molecule has 0 saturated carbocycles. The zero-order valence-electron chi connectivity index (χ0n) is 45.1. The highest BCUT2D eigenvalue weighted by molar-refractivity contribution is 5.76. The van der Waals surface area contributed by atoms with Crippen molar-refractivity contribution in [3.05, 3.63) is 36.5 Å². The Labute approximate surface area is 425 Å². The third-order valence-corrected chi connectivity index (χ3v) is 14.2. The topological polar surface area (TPSA) is 149 Å². The fraction of sp³-hybridized carbons (Fsp3) is 0.883. The van der Waals surface area contributed by atoms with Crippen LogP contribution in [0.15, 0.2) is 36.5 Å². The fourth-order valence-electron chi connectivity index (χ4n) is 9.49. The molecule has 6 N–H and O–H groups in total. The molecule has 0 aromatic carbocycles. The van der Waals surface area contributed by atoms with Gasteiger partial charge < -0.3 is 40.3 Å². The third kappa shape index (κ3) is 39.6. The number of hydrogen-bond donors (Lipinski definition) is 6. The summed E-state index contributed by atoms with van der Waals surface area (Å²) >= 11 is 0. The van der Waals surface area contributed by atoms with Gasteiger partial charge in [-0.1, -0.05) is 269 Å². The average molecular weight is 977 g/mol. The minimum atomic E-state index is -1.57. The number of unbranched alkanes of at least 4 members (excludes halogenated alkanes) is 37. The van der Waals surface area contributed by atoms with Gasteiger partial charge in [0.15, 0.2) is 6.29 Å². The number of aliphatic hydroxyl groups excluding tert-OH is 5. The maximum atomic E-state index is 13.0. The number of amides is 1. The summed E-state index contributed by atoms with van der Waals surface area (Å²) in [5.74, 6) is -0.186. The van der Waals surface area contributed by atoms with Crippen LogP contribution in [-0.4, -0.2) is 87.5 Å². The summed E-state index contributed by atoms with van der Waals surface area (Å²) in [5.41, 5.74) is 0. The molecular formula is C60H113NO8. The summed E-state index contributed by atoms with van der Waals surface area (Å²) in [6.07, 6.45) is 57.9. The molecule has 1 aliphatic heterocycles. The van der Waals surface area contributed by atoms with Crippen LogP contribution in [0.4, 0.5) is 0 Å². The standard InChI is InChI=1S/C60H113NO8/c1-3-5-7-9-11-13-15-17-19-21-23-25-26-27-28-29-30-31-33-35-37-39-41-43-45-47-49-54(63)53(52-68-60-59(67)58(66)57(65)55(51-62)69-60)61-56(64)50-48-46-44-42-40-38-36-34-32-24-22-20-18-16-14-12-10-8-6-4-2/h31,33,39,41,47,49,53-55,57-60,62-63,65-67H,3-30,32,34-38,40,42-46,48,50-52H2,1-2H3,(H,61,64)/b33-31+,41-39+,49-47+. The van der Waals surface area contributed by atoms with Crippen molar-refractivity contribution in [2.75, 3.05) is 13.2 Å². The van der Waals surface area contributed by atoms with Crippen molar-refractivity contribution in [3.8, 4) is 0 Å². The zero-order valence-corrected chi connectivity index (χ0v) is 45.1. The summed E-state index contributed by atoms with van der Waals surface area (Å²) in [5, 5.41) is 54.5. The van der Waals surface area contributed by atoms with E-state index in [4.69, 9.17) is 9.47 Å². The molecule has 7 unspecified atom stereocenters. The molecule has 1 aliphatic rings. The van der Waals surface area contributed by atoms with Crippen LogP contribution in [-0.2, 0) is 14.3 Å². The van der Waals surface area contributed by atoms with Gasteiger partial charge in [-0.05, 0) is 44.9 Å². The van der Waals surface area contributed by atoms with Crippen molar-refractivity contribution in [2.24, 2.45) is 0 Å². The number of aliphatic hydroxyl groups is 5. The van der Waals surface area contributed by atoms with Gasteiger partial charge in [-0.3, -0.25) is 4.79 Å². The van der Waals surface area contributed by atoms with E-state index in [1.807, 2.05) is 6.08 Å². The second-order valence-electron chi connectivity index (χ2n) is 20.8. The first-order valence-corrected chi connectivity index (χ1v) is 29.7. The van der Waals surface area contributed by atoms with E-state index in [-0.39, 0.29) is 12.5 Å². The molecule has 0 aliphatic carbocycles. The normalized spacial score (nSPS) is 19.7. The van der Waals surface area contributed by atoms with Crippen molar-refractivity contribution in [1.82, 2.24) is 5.32 Å². The summed E-state index contributed by atoms with van der Waals surface area (Å²) in [4.78, 5) is 13.0. The molecule has 0 radical (unpaired) electrons. The minimum Gasteiger partial charge on any atom is -0.394 e. The molecule has 9 heteroatoms. The largest absolute Gasteiger partial charge is 0.394 e. The summed E-state index contributed by atoms with van der Waals surface area (Å²) in [6, 6.07) is -0.826. The first kappa shape index (κ1) is 65.4. The highest BCUT2D eigenvalue weighted by Gasteiger charge is 2.44. The molecule has 0 aromatic heterocycles. The van der Waals surface area contributed by atoms with Gasteiger partial charge in [-0.25, -0.2) is 0 Å². The Morgan fingerprint density at radius 1 is 0.478 bits per heavy atom. The number of ether oxygens (including phenoxy) is 2. The molecule has 9 nitrogen and oxygen atoms in total. The van der Waals surface area contributed by atoms with Gasteiger partial charge in [0.1, 0.15) is 24.4 Å². The van der Waals surface area contributed by atoms with Gasteiger partial charge in [0.25, 0.3) is 0 Å². The lowest BCUT2D eigenvalue weighted by atomic mass is 9.99. The Morgan fingerprint density at radius 2 is 0.826 bits per heavy atom. The van der Waals surface area contributed by atoms with Crippen LogP contribution in [0.1, 0.15) is 284 Å². The van der Waals surface area contributed by atoms with Gasteiger partial charge >= 0.3 is 0 Å². The number of hydrogen-bond acceptors (Lipinski definition) is 8. The summed E-state index contributed by atoms with van der Waals surface area (Å²) in [7, 11) is 0. The monoisotopic (exact) mass is 976 g/mol. The van der Waals surface area contributed by atoms with Crippen LogP contribution < -0.4 is 5.32 Å². The third-order valence-electron chi connectivity index (χ3n) is 14.2. The lowest BCUT2D eigenvalue weighted by molar-refractivity contribution is -0.302. The summed E-state index contributed by atoms with van der Waals surface area (Å²) < 4.78 is 11.3. The SMILES string of the molecule is CCCCCCCCCCCCCCCCCC/C=C/CC/C=C/CC/C=C/C(O)C(COC1OC(CO)C(O)C(O)C1O)NC(=O)CCCCCCCCCCCCCCCCCCCCCC. The van der Waals surface area contributed by atoms with E-state index < -0.39 is 49.5 Å². The molecule has 0 bridgehead atoms. The van der Waals surface area contributed by atoms with Crippen LogP contribution in [0.25, 0.3) is 0 Å². The molecule has 406 valence electrons. The lowest BCUT2D eigenvalue weighted by Gasteiger charge is -2.40. The first-order valence-electron chi connectivity index (χ1n) is 29.7. The number of nitrogens with one attached hydrogen (secondary N) is 1. The van der Waals surface area contributed by atoms with Crippen LogP contribution in [0.5, 0.6) is 0 Å². The highest BCUT2D eigenvalue weighted by Crippen LogP contribution is 2.23. The first-order chi connectivity index (χ1) is 33.8. The van der Waals surface area contributed by atoms with Crippen molar-refractivity contribution >= 4 is 5.91 Å². The van der Waals surface area contributed by atoms with Crippen molar-refractivity contribution in [1.29, 1.82) is 0 Å². The molecule has 69 heavy (non-hydrogen) atoms. The quantitative estimate of drug-likeness (QED) is 0.0261. The Bertz CT molecular complexity index is 1180. The molecule has 1 fully saturated rings. The van der Waals surface area contributed by atoms with E-state index in [1.165, 1.54) is 218 Å². The predicted octanol–water partition coefficient (Wildman–Crippen LogP) is 14.7. The molecule has 0 spiro atoms. The Morgan fingerprint density at radius 3 is 1.22 bits per heavy atom. The maximum Gasteiger partial charge on any atom is 0.220 e. The van der Waals surface area contributed by atoms with Crippen molar-refractivity contribution in [3.63, 3.8) is 0 Å². The van der Waals surface area contributed by atoms with Crippen LogP contribution in [0, 0.1) is 0 Å². The van der Waals surface area contributed by atoms with Gasteiger partial charge in [0, 0.05) is 6.42 Å². The lowest BCUT2D eigenvalue weighted by Crippen LogP contribution is -2.60. The van der Waals surface area contributed by atoms with E-state index in [0.717, 1.165) is 44.9 Å². The molecule has 1 heterocycles. The fourth-order valence-corrected chi connectivity index (χ4v) is 9.49. The molecule has 1 amide bonds. The number of rotatable bonds is 51. The van der Waals surface area contributed by atoms with Crippen LogP contribution in [0.2, 0.25) is 0 Å². The number of allylic oxidation sites excluding steroid dienone is 5. The second kappa shape index (κ2) is 50.0. The second-order valence-corrected chi connectivity index (χ2v) is 20.8. The predicted molar refractivity (Wildman–Crippen MR) is 290 cm³/mol. The summed E-state index contributed by atoms with van der Waals surface area (Å²) in [6.45, 7) is 3.79. The van der Waals surface area contributed by atoms with E-state index in [1.54, 1.807) is 6.08 Å². The molecular weight excluding hydrogens is 863 g/mol. The highest BCUT2D eigenvalue weighted by atomic mass is 16.7. The molecule has 7 atom stereocenters. The van der Waals surface area contributed by atoms with E-state index in [9.17, 15) is 30.3 Å². The maximum absolute atomic E-state index is 13.0. The van der Waals surface area contributed by atoms with Crippen LogP contribution >= 0.6 is 0 Å². The Kier molecular flexibility index (Phi) is 47.4. The van der Waals surface area contributed by atoms with E-state index in [0.29, 0.717) is 6.42 Å². The smallest absolute Gasteiger partial charge is 0.220 e. The van der Waals surface area contributed by atoms with Gasteiger partial charge in [-0.15, -0.1) is 0 Å². The molecule has 0 aromatic rings. The van der Waals surface area contributed by atoms with E-state index in [2.05, 4.69) is 43.5 Å². The Balaban J connectivity index is 2.25. The van der Waals surface area contributed by atoms with Crippen molar-refractivity contribution < 1.29 is 39.8 Å². The minimum absolute atomic E-state index is 0.186. The number of carbonyl (C=O) groups is 1.